The number of likely N-dealkylation sites (tertiary alicyclic amines) is 1. The first kappa shape index (κ1) is 24.3. The lowest BCUT2D eigenvalue weighted by atomic mass is 10.0. The summed E-state index contributed by atoms with van der Waals surface area (Å²) in [5.74, 6) is 1.54. The molecule has 4 rings (SSSR count). The quantitative estimate of drug-likeness (QED) is 0.332. The largest absolute Gasteiger partial charge is 0.357 e. The van der Waals surface area contributed by atoms with Gasteiger partial charge in [-0.1, -0.05) is 37.1 Å². The summed E-state index contributed by atoms with van der Waals surface area (Å²) in [6.45, 7) is 8.52. The van der Waals surface area contributed by atoms with Gasteiger partial charge in [0.1, 0.15) is 0 Å². The topological polar surface area (TPSA) is 60.0 Å². The van der Waals surface area contributed by atoms with Crippen molar-refractivity contribution in [3.63, 3.8) is 0 Å². The number of benzene rings is 1. The molecule has 1 saturated carbocycles. The molecule has 1 amide bonds. The number of aliphatic imine (C=N–C) groups is 1. The summed E-state index contributed by atoms with van der Waals surface area (Å²) in [7, 11) is 0. The molecule has 6 nitrogen and oxygen atoms in total. The molecule has 2 fully saturated rings. The van der Waals surface area contributed by atoms with E-state index in [9.17, 15) is 4.79 Å². The Morgan fingerprint density at radius 2 is 1.90 bits per heavy atom. The first-order valence-corrected chi connectivity index (χ1v) is 11.9. The van der Waals surface area contributed by atoms with Gasteiger partial charge in [0.25, 0.3) is 0 Å². The molecule has 1 saturated heterocycles. The number of halogens is 1. The summed E-state index contributed by atoms with van der Waals surface area (Å²) in [5.41, 5.74) is 2.95. The second-order valence-electron chi connectivity index (χ2n) is 8.95. The van der Waals surface area contributed by atoms with Gasteiger partial charge in [0.2, 0.25) is 5.91 Å². The zero-order chi connectivity index (χ0) is 20.8. The van der Waals surface area contributed by atoms with E-state index in [0.717, 1.165) is 77.5 Å². The molecule has 7 heteroatoms. The zero-order valence-electron chi connectivity index (χ0n) is 18.8. The van der Waals surface area contributed by atoms with Crippen molar-refractivity contribution in [2.24, 2.45) is 10.9 Å². The van der Waals surface area contributed by atoms with Crippen molar-refractivity contribution >= 4 is 35.8 Å². The minimum Gasteiger partial charge on any atom is -0.357 e. The highest BCUT2D eigenvalue weighted by atomic mass is 127. The molecule has 1 unspecified atom stereocenters. The Balaban J connectivity index is 0.00000272. The van der Waals surface area contributed by atoms with E-state index in [0.29, 0.717) is 11.9 Å². The number of hydrogen-bond acceptors (Lipinski definition) is 3. The number of nitrogens with zero attached hydrogens (tertiary/aromatic N) is 3. The Morgan fingerprint density at radius 1 is 1.13 bits per heavy atom. The number of guanidine groups is 1. The lowest BCUT2D eigenvalue weighted by Gasteiger charge is -2.28. The Labute approximate surface area is 204 Å². The van der Waals surface area contributed by atoms with Gasteiger partial charge in [-0.2, -0.15) is 0 Å². The molecule has 1 aliphatic carbocycles. The van der Waals surface area contributed by atoms with Gasteiger partial charge < -0.3 is 15.5 Å². The maximum Gasteiger partial charge on any atom is 0.225 e. The second kappa shape index (κ2) is 12.0. The average Bonchev–Trinajstić information content (AvgIpc) is 3.46. The molecule has 172 valence electrons. The van der Waals surface area contributed by atoms with E-state index >= 15 is 0 Å². The molecule has 0 spiro atoms. The van der Waals surface area contributed by atoms with Gasteiger partial charge >= 0.3 is 0 Å². The molecule has 0 aromatic heterocycles. The van der Waals surface area contributed by atoms with Crippen LogP contribution in [0.2, 0.25) is 0 Å². The number of fused-ring (bicyclic) bond motifs is 1. The molecular weight excluding hydrogens is 501 g/mol. The summed E-state index contributed by atoms with van der Waals surface area (Å²) in [6.07, 6.45) is 6.73. The monoisotopic (exact) mass is 539 g/mol. The number of amides is 1. The van der Waals surface area contributed by atoms with Crippen LogP contribution in [0, 0.1) is 5.92 Å². The van der Waals surface area contributed by atoms with Gasteiger partial charge in [0.15, 0.2) is 5.96 Å². The molecule has 31 heavy (non-hydrogen) atoms. The first-order valence-electron chi connectivity index (χ1n) is 11.9. The molecular formula is C24H38IN5O. The van der Waals surface area contributed by atoms with Gasteiger partial charge in [-0.25, -0.2) is 0 Å². The minimum atomic E-state index is 0. The average molecular weight is 540 g/mol. The zero-order valence-corrected chi connectivity index (χ0v) is 21.1. The van der Waals surface area contributed by atoms with Crippen LogP contribution in [0.3, 0.4) is 0 Å². The highest BCUT2D eigenvalue weighted by Crippen LogP contribution is 2.27. The van der Waals surface area contributed by atoms with Gasteiger partial charge in [0.05, 0.1) is 6.54 Å². The standard InChI is InChI=1S/C24H37N5O.HI/c1-2-25-24(26-13-16-28-14-11-19-7-3-6-10-21(19)17-28)27-22-12-15-29(18-22)23(30)20-8-4-5-9-20;/h3,6-7,10,20,22H,2,4-5,8-9,11-18H2,1H3,(H2,25,26,27);1H. The molecule has 2 N–H and O–H groups in total. The van der Waals surface area contributed by atoms with Crippen molar-refractivity contribution in [3.8, 4) is 0 Å². The van der Waals surface area contributed by atoms with E-state index in [-0.39, 0.29) is 29.9 Å². The summed E-state index contributed by atoms with van der Waals surface area (Å²) in [4.78, 5) is 22.1. The SMILES string of the molecule is CCNC(=NCCN1CCc2ccccc2C1)NC1CCN(C(=O)C2CCCC2)C1.I. The molecule has 1 aromatic rings. The Bertz CT molecular complexity index is 749. The Hall–Kier alpha value is -1.35. The lowest BCUT2D eigenvalue weighted by molar-refractivity contribution is -0.134. The number of nitrogens with one attached hydrogen (secondary N) is 2. The predicted molar refractivity (Wildman–Crippen MR) is 137 cm³/mol. The third-order valence-corrected chi connectivity index (χ3v) is 6.79. The first-order chi connectivity index (χ1) is 14.7. The number of carbonyl (C=O) groups is 1. The summed E-state index contributed by atoms with van der Waals surface area (Å²) in [5, 5.41) is 6.95. The van der Waals surface area contributed by atoms with E-state index < -0.39 is 0 Å². The van der Waals surface area contributed by atoms with Crippen LogP contribution in [0.15, 0.2) is 29.3 Å². The molecule has 0 bridgehead atoms. The van der Waals surface area contributed by atoms with Crippen LogP contribution in [0.1, 0.15) is 50.2 Å². The Morgan fingerprint density at radius 3 is 2.68 bits per heavy atom. The van der Waals surface area contributed by atoms with Crippen molar-refractivity contribution < 1.29 is 4.79 Å². The van der Waals surface area contributed by atoms with E-state index in [2.05, 4.69) is 51.6 Å². The molecule has 1 aromatic carbocycles. The van der Waals surface area contributed by atoms with Gasteiger partial charge in [0, 0.05) is 51.2 Å². The molecule has 2 heterocycles. The van der Waals surface area contributed by atoms with Crippen molar-refractivity contribution in [2.45, 2.75) is 58.0 Å². The minimum absolute atomic E-state index is 0. The lowest BCUT2D eigenvalue weighted by Crippen LogP contribution is -2.45. The van der Waals surface area contributed by atoms with Crippen LogP contribution in [-0.2, 0) is 17.8 Å². The Kier molecular flexibility index (Phi) is 9.44. The van der Waals surface area contributed by atoms with Crippen LogP contribution >= 0.6 is 24.0 Å². The molecule has 1 atom stereocenters. The van der Waals surface area contributed by atoms with Crippen molar-refractivity contribution in [3.05, 3.63) is 35.4 Å². The van der Waals surface area contributed by atoms with Crippen LogP contribution < -0.4 is 10.6 Å². The van der Waals surface area contributed by atoms with Crippen LogP contribution in [0.4, 0.5) is 0 Å². The third-order valence-electron chi connectivity index (χ3n) is 6.79. The van der Waals surface area contributed by atoms with Gasteiger partial charge in [-0.15, -0.1) is 24.0 Å². The van der Waals surface area contributed by atoms with Crippen molar-refractivity contribution in [1.29, 1.82) is 0 Å². The number of carbonyl (C=O) groups excluding carboxylic acids is 1. The van der Waals surface area contributed by atoms with E-state index in [1.54, 1.807) is 0 Å². The number of rotatable bonds is 6. The maximum absolute atomic E-state index is 12.7. The summed E-state index contributed by atoms with van der Waals surface area (Å²) in [6, 6.07) is 9.07. The maximum atomic E-state index is 12.7. The fourth-order valence-corrected chi connectivity index (χ4v) is 5.07. The van der Waals surface area contributed by atoms with Gasteiger partial charge in [-0.05, 0) is 43.7 Å². The highest BCUT2D eigenvalue weighted by Gasteiger charge is 2.32. The predicted octanol–water partition coefficient (Wildman–Crippen LogP) is 3.01. The summed E-state index contributed by atoms with van der Waals surface area (Å²) >= 11 is 0. The highest BCUT2D eigenvalue weighted by molar-refractivity contribution is 14.0. The molecule has 0 radical (unpaired) electrons. The third kappa shape index (κ3) is 6.57. The van der Waals surface area contributed by atoms with Gasteiger partial charge in [-0.3, -0.25) is 14.7 Å². The van der Waals surface area contributed by atoms with Crippen LogP contribution in [-0.4, -0.2) is 67.0 Å². The fraction of sp³-hybridized carbons (Fsp3) is 0.667. The van der Waals surface area contributed by atoms with Crippen LogP contribution in [0.25, 0.3) is 0 Å². The smallest absolute Gasteiger partial charge is 0.225 e. The second-order valence-corrected chi connectivity index (χ2v) is 8.95. The van der Waals surface area contributed by atoms with E-state index in [4.69, 9.17) is 4.99 Å². The van der Waals surface area contributed by atoms with Crippen molar-refractivity contribution in [1.82, 2.24) is 20.4 Å². The molecule has 2 aliphatic heterocycles. The van der Waals surface area contributed by atoms with E-state index in [1.165, 1.54) is 24.0 Å². The normalized spacial score (nSPS) is 22.2. The number of hydrogen-bond donors (Lipinski definition) is 2. The van der Waals surface area contributed by atoms with Crippen LogP contribution in [0.5, 0.6) is 0 Å². The van der Waals surface area contributed by atoms with E-state index in [1.807, 2.05) is 0 Å². The van der Waals surface area contributed by atoms with Crippen molar-refractivity contribution in [2.75, 3.05) is 39.3 Å². The fourth-order valence-electron chi connectivity index (χ4n) is 5.07. The molecule has 3 aliphatic rings. The summed E-state index contributed by atoms with van der Waals surface area (Å²) < 4.78 is 0.